The first-order valence-corrected chi connectivity index (χ1v) is 5.96. The number of nitrogens with two attached hydrogens (primary N) is 1. The van der Waals surface area contributed by atoms with Crippen molar-refractivity contribution in [2.45, 2.75) is 19.9 Å². The predicted octanol–water partition coefficient (Wildman–Crippen LogP) is 1.94. The second-order valence-corrected chi connectivity index (χ2v) is 4.54. The Hall–Kier alpha value is -1.68. The van der Waals surface area contributed by atoms with Crippen LogP contribution < -0.4 is 11.1 Å². The topological polar surface area (TPSA) is 55.1 Å². The van der Waals surface area contributed by atoms with Gasteiger partial charge in [-0.3, -0.25) is 4.79 Å². The number of hydrogen-bond acceptors (Lipinski definition) is 2. The summed E-state index contributed by atoms with van der Waals surface area (Å²) in [7, 11) is 0. The SMILES string of the molecule is CC(C)C(N)CNC(=O)C=Cc1ccc(F)cc1. The summed E-state index contributed by atoms with van der Waals surface area (Å²) in [6.45, 7) is 4.46. The number of hydrogen-bond donors (Lipinski definition) is 2. The van der Waals surface area contributed by atoms with Gasteiger partial charge in [-0.2, -0.15) is 0 Å². The molecule has 1 atom stereocenters. The first kappa shape index (κ1) is 14.4. The van der Waals surface area contributed by atoms with Crippen LogP contribution in [-0.4, -0.2) is 18.5 Å². The minimum absolute atomic E-state index is 0.0480. The molecule has 3 nitrogen and oxygen atoms in total. The summed E-state index contributed by atoms with van der Waals surface area (Å²) in [5.41, 5.74) is 6.59. The highest BCUT2D eigenvalue weighted by Crippen LogP contribution is 2.04. The van der Waals surface area contributed by atoms with Crippen molar-refractivity contribution in [2.75, 3.05) is 6.54 Å². The van der Waals surface area contributed by atoms with Crippen molar-refractivity contribution in [1.82, 2.24) is 5.32 Å². The predicted molar refractivity (Wildman–Crippen MR) is 71.3 cm³/mol. The Morgan fingerprint density at radius 3 is 2.56 bits per heavy atom. The molecule has 0 radical (unpaired) electrons. The van der Waals surface area contributed by atoms with Gasteiger partial charge in [-0.25, -0.2) is 4.39 Å². The van der Waals surface area contributed by atoms with Gasteiger partial charge in [-0.15, -0.1) is 0 Å². The number of benzene rings is 1. The maximum absolute atomic E-state index is 12.7. The third-order valence-electron chi connectivity index (χ3n) is 2.67. The van der Waals surface area contributed by atoms with Gasteiger partial charge in [0.2, 0.25) is 5.91 Å². The first-order valence-electron chi connectivity index (χ1n) is 5.96. The summed E-state index contributed by atoms with van der Waals surface area (Å²) in [6, 6.07) is 5.88. The molecule has 1 rings (SSSR count). The maximum Gasteiger partial charge on any atom is 0.244 e. The lowest BCUT2D eigenvalue weighted by molar-refractivity contribution is -0.116. The standard InChI is InChI=1S/C14H19FN2O/c1-10(2)13(16)9-17-14(18)8-5-11-3-6-12(15)7-4-11/h3-8,10,13H,9,16H2,1-2H3,(H,17,18). The van der Waals surface area contributed by atoms with Crippen LogP contribution in [0, 0.1) is 11.7 Å². The Balaban J connectivity index is 2.42. The molecule has 98 valence electrons. The molecule has 0 saturated heterocycles. The lowest BCUT2D eigenvalue weighted by Crippen LogP contribution is -2.39. The Morgan fingerprint density at radius 1 is 1.39 bits per heavy atom. The lowest BCUT2D eigenvalue weighted by Gasteiger charge is -2.15. The van der Waals surface area contributed by atoms with Crippen LogP contribution in [0.15, 0.2) is 30.3 Å². The van der Waals surface area contributed by atoms with E-state index in [2.05, 4.69) is 5.32 Å². The van der Waals surface area contributed by atoms with Gasteiger partial charge >= 0.3 is 0 Å². The van der Waals surface area contributed by atoms with Gasteiger partial charge in [-0.05, 0) is 29.7 Å². The summed E-state index contributed by atoms with van der Waals surface area (Å²) in [4.78, 5) is 11.5. The number of halogens is 1. The normalized spacial score (nSPS) is 12.9. The van der Waals surface area contributed by atoms with Gasteiger partial charge in [0, 0.05) is 18.7 Å². The molecular formula is C14H19FN2O. The molecule has 1 aromatic carbocycles. The molecule has 0 heterocycles. The molecule has 3 N–H and O–H groups in total. The highest BCUT2D eigenvalue weighted by molar-refractivity contribution is 5.91. The zero-order valence-corrected chi connectivity index (χ0v) is 10.7. The van der Waals surface area contributed by atoms with Crippen LogP contribution in [0.5, 0.6) is 0 Å². The van der Waals surface area contributed by atoms with Crippen molar-refractivity contribution in [3.63, 3.8) is 0 Å². The van der Waals surface area contributed by atoms with Gasteiger partial charge in [0.1, 0.15) is 5.82 Å². The zero-order valence-electron chi connectivity index (χ0n) is 10.7. The van der Waals surface area contributed by atoms with Crippen LogP contribution in [0.25, 0.3) is 6.08 Å². The van der Waals surface area contributed by atoms with E-state index in [0.717, 1.165) is 5.56 Å². The van der Waals surface area contributed by atoms with Crippen LogP contribution in [0.2, 0.25) is 0 Å². The van der Waals surface area contributed by atoms with Crippen molar-refractivity contribution in [3.8, 4) is 0 Å². The van der Waals surface area contributed by atoms with Crippen molar-refractivity contribution >= 4 is 12.0 Å². The minimum Gasteiger partial charge on any atom is -0.351 e. The molecular weight excluding hydrogens is 231 g/mol. The first-order chi connectivity index (χ1) is 8.49. The van der Waals surface area contributed by atoms with Crippen LogP contribution in [0.3, 0.4) is 0 Å². The molecule has 18 heavy (non-hydrogen) atoms. The molecule has 1 unspecified atom stereocenters. The van der Waals surface area contributed by atoms with Crippen molar-refractivity contribution in [3.05, 3.63) is 41.7 Å². The Bertz CT molecular complexity index is 412. The van der Waals surface area contributed by atoms with E-state index in [4.69, 9.17) is 5.73 Å². The van der Waals surface area contributed by atoms with Crippen molar-refractivity contribution < 1.29 is 9.18 Å². The van der Waals surface area contributed by atoms with Gasteiger partial charge in [0.15, 0.2) is 0 Å². The van der Waals surface area contributed by atoms with Gasteiger partial charge in [-0.1, -0.05) is 26.0 Å². The summed E-state index contributed by atoms with van der Waals surface area (Å²) in [5, 5.41) is 2.72. The Morgan fingerprint density at radius 2 is 2.00 bits per heavy atom. The second-order valence-electron chi connectivity index (χ2n) is 4.54. The van der Waals surface area contributed by atoms with Crippen molar-refractivity contribution in [1.29, 1.82) is 0 Å². The molecule has 1 aromatic rings. The second kappa shape index (κ2) is 6.91. The van der Waals surface area contributed by atoms with E-state index in [1.807, 2.05) is 13.8 Å². The molecule has 0 bridgehead atoms. The van der Waals surface area contributed by atoms with Gasteiger partial charge < -0.3 is 11.1 Å². The third-order valence-corrected chi connectivity index (χ3v) is 2.67. The maximum atomic E-state index is 12.7. The van der Waals surface area contributed by atoms with Crippen LogP contribution in [0.1, 0.15) is 19.4 Å². The van der Waals surface area contributed by atoms with E-state index in [1.54, 1.807) is 18.2 Å². The summed E-state index contributed by atoms with van der Waals surface area (Å²) >= 11 is 0. The Kier molecular flexibility index (Phi) is 5.52. The van der Waals surface area contributed by atoms with Crippen LogP contribution in [-0.2, 0) is 4.79 Å². The summed E-state index contributed by atoms with van der Waals surface area (Å²) < 4.78 is 12.7. The molecule has 1 amide bonds. The smallest absolute Gasteiger partial charge is 0.244 e. The molecule has 0 spiro atoms. The molecule has 0 saturated carbocycles. The molecule has 0 aliphatic rings. The van der Waals surface area contributed by atoms with E-state index >= 15 is 0 Å². The molecule has 0 fully saturated rings. The van der Waals surface area contributed by atoms with Gasteiger partial charge in [0.25, 0.3) is 0 Å². The van der Waals surface area contributed by atoms with E-state index < -0.39 is 0 Å². The number of carbonyl (C=O) groups excluding carboxylic acids is 1. The third kappa shape index (κ3) is 5.10. The number of carbonyl (C=O) groups is 1. The van der Waals surface area contributed by atoms with Crippen LogP contribution in [0.4, 0.5) is 4.39 Å². The van der Waals surface area contributed by atoms with Gasteiger partial charge in [0.05, 0.1) is 0 Å². The fourth-order valence-electron chi connectivity index (χ4n) is 1.26. The van der Waals surface area contributed by atoms with E-state index in [0.29, 0.717) is 12.5 Å². The van der Waals surface area contributed by atoms with Crippen molar-refractivity contribution in [2.24, 2.45) is 11.7 Å². The molecule has 0 aliphatic heterocycles. The highest BCUT2D eigenvalue weighted by atomic mass is 19.1. The quantitative estimate of drug-likeness (QED) is 0.785. The molecule has 0 aromatic heterocycles. The van der Waals surface area contributed by atoms with E-state index in [1.165, 1.54) is 18.2 Å². The lowest BCUT2D eigenvalue weighted by atomic mass is 10.1. The molecule has 0 aliphatic carbocycles. The largest absolute Gasteiger partial charge is 0.351 e. The molecule has 4 heteroatoms. The monoisotopic (exact) mass is 250 g/mol. The Labute approximate surface area is 107 Å². The fourth-order valence-corrected chi connectivity index (χ4v) is 1.26. The van der Waals surface area contributed by atoms with E-state index in [9.17, 15) is 9.18 Å². The summed E-state index contributed by atoms with van der Waals surface area (Å²) in [5.74, 6) is -0.165. The number of nitrogens with one attached hydrogen (secondary N) is 1. The minimum atomic E-state index is -0.292. The zero-order chi connectivity index (χ0) is 13.5. The highest BCUT2D eigenvalue weighted by Gasteiger charge is 2.07. The van der Waals surface area contributed by atoms with Crippen LogP contribution >= 0.6 is 0 Å². The fraction of sp³-hybridized carbons (Fsp3) is 0.357. The number of rotatable bonds is 5. The summed E-state index contributed by atoms with van der Waals surface area (Å²) in [6.07, 6.45) is 3.05. The van der Waals surface area contributed by atoms with E-state index in [-0.39, 0.29) is 17.8 Å². The average Bonchev–Trinajstić information content (AvgIpc) is 2.35. The number of amides is 1. The average molecular weight is 250 g/mol.